The van der Waals surface area contributed by atoms with Crippen LogP contribution in [0.5, 0.6) is 0 Å². The molecule has 2 aromatic rings. The third-order valence-corrected chi connectivity index (χ3v) is 6.55. The van der Waals surface area contributed by atoms with E-state index in [2.05, 4.69) is 16.3 Å². The third-order valence-electron chi connectivity index (χ3n) is 6.32. The Hall–Kier alpha value is -2.24. The highest BCUT2D eigenvalue weighted by Gasteiger charge is 2.39. The minimum atomic E-state index is -0.0477. The van der Waals surface area contributed by atoms with Gasteiger partial charge < -0.3 is 10.6 Å². The molecule has 28 heavy (non-hydrogen) atoms. The van der Waals surface area contributed by atoms with E-state index in [4.69, 9.17) is 17.3 Å². The first-order valence-corrected chi connectivity index (χ1v) is 10.2. The lowest BCUT2D eigenvalue weighted by Gasteiger charge is -2.44. The predicted octanol–water partition coefficient (Wildman–Crippen LogP) is 3.59. The number of nitrogens with two attached hydrogens (primary N) is 1. The molecular weight excluding hydrogens is 372 g/mol. The summed E-state index contributed by atoms with van der Waals surface area (Å²) in [4.78, 5) is 14.7. The first-order chi connectivity index (χ1) is 13.6. The Morgan fingerprint density at radius 3 is 2.71 bits per heavy atom. The van der Waals surface area contributed by atoms with Gasteiger partial charge in [0.25, 0.3) is 0 Å². The van der Waals surface area contributed by atoms with Gasteiger partial charge in [0.15, 0.2) is 0 Å². The quantitative estimate of drug-likeness (QED) is 0.857. The molecular formula is C22H25ClN4O. The molecule has 1 fully saturated rings. The SMILES string of the molecule is NC[C@]1(c2cccc(Cl)c2)CC[C@H](N2CC(c3ccnnc3)=CCC2=O)CC1. The number of halogens is 1. The second-order valence-electron chi connectivity index (χ2n) is 7.81. The maximum Gasteiger partial charge on any atom is 0.226 e. The van der Waals surface area contributed by atoms with Crippen LogP contribution in [0.3, 0.4) is 0 Å². The Balaban J connectivity index is 1.48. The van der Waals surface area contributed by atoms with Crippen molar-refractivity contribution in [2.75, 3.05) is 13.1 Å². The summed E-state index contributed by atoms with van der Waals surface area (Å²) >= 11 is 6.22. The van der Waals surface area contributed by atoms with Gasteiger partial charge in [-0.05, 0) is 55.0 Å². The summed E-state index contributed by atoms with van der Waals surface area (Å²) < 4.78 is 0. The standard InChI is InChI=1S/C22H25ClN4O/c23-19-3-1-2-18(12-19)22(15-24)9-6-20(7-10-22)27-14-17(4-5-21(27)28)16-8-11-25-26-13-16/h1-4,8,11-13,20H,5-7,9-10,14-15,24H2/t20-,22-. The molecule has 0 atom stereocenters. The van der Waals surface area contributed by atoms with Gasteiger partial charge in [0.2, 0.25) is 5.91 Å². The molecule has 1 aliphatic heterocycles. The molecule has 0 radical (unpaired) electrons. The van der Waals surface area contributed by atoms with Crippen molar-refractivity contribution in [3.05, 3.63) is 65.0 Å². The molecule has 1 aliphatic carbocycles. The van der Waals surface area contributed by atoms with Gasteiger partial charge in [-0.1, -0.05) is 29.8 Å². The molecule has 2 N–H and O–H groups in total. The summed E-state index contributed by atoms with van der Waals surface area (Å²) in [6, 6.07) is 10.3. The highest BCUT2D eigenvalue weighted by Crippen LogP contribution is 2.41. The van der Waals surface area contributed by atoms with Gasteiger partial charge in [0, 0.05) is 41.6 Å². The van der Waals surface area contributed by atoms with Crippen LogP contribution in [0.4, 0.5) is 0 Å². The highest BCUT2D eigenvalue weighted by atomic mass is 35.5. The molecule has 0 spiro atoms. The van der Waals surface area contributed by atoms with E-state index >= 15 is 0 Å². The predicted molar refractivity (Wildman–Crippen MR) is 111 cm³/mol. The Morgan fingerprint density at radius 2 is 2.04 bits per heavy atom. The molecule has 5 nitrogen and oxygen atoms in total. The van der Waals surface area contributed by atoms with Crippen LogP contribution >= 0.6 is 11.6 Å². The minimum absolute atomic E-state index is 0.0477. The molecule has 2 heterocycles. The fourth-order valence-corrected chi connectivity index (χ4v) is 4.77. The zero-order valence-corrected chi connectivity index (χ0v) is 16.6. The zero-order chi connectivity index (χ0) is 19.6. The summed E-state index contributed by atoms with van der Waals surface area (Å²) in [6.45, 7) is 1.24. The monoisotopic (exact) mass is 396 g/mol. The number of aromatic nitrogens is 2. The molecule has 1 aromatic carbocycles. The summed E-state index contributed by atoms with van der Waals surface area (Å²) in [6.07, 6.45) is 9.77. The van der Waals surface area contributed by atoms with Crippen LogP contribution in [0.15, 0.2) is 48.8 Å². The number of rotatable bonds is 4. The Labute approximate surface area is 170 Å². The van der Waals surface area contributed by atoms with E-state index in [0.717, 1.165) is 41.8 Å². The van der Waals surface area contributed by atoms with Crippen LogP contribution in [0, 0.1) is 0 Å². The van der Waals surface area contributed by atoms with Crippen molar-refractivity contribution >= 4 is 23.1 Å². The Morgan fingerprint density at radius 1 is 1.21 bits per heavy atom. The number of carbonyl (C=O) groups is 1. The summed E-state index contributed by atoms with van der Waals surface area (Å²) in [5.41, 5.74) is 9.59. The fraction of sp³-hybridized carbons (Fsp3) is 0.409. The summed E-state index contributed by atoms with van der Waals surface area (Å²) in [5.74, 6) is 0.207. The van der Waals surface area contributed by atoms with Gasteiger partial charge >= 0.3 is 0 Å². The van der Waals surface area contributed by atoms with Crippen molar-refractivity contribution in [2.24, 2.45) is 5.73 Å². The van der Waals surface area contributed by atoms with E-state index in [1.807, 2.05) is 35.2 Å². The van der Waals surface area contributed by atoms with Crippen molar-refractivity contribution in [1.82, 2.24) is 15.1 Å². The molecule has 1 amide bonds. The first kappa shape index (κ1) is 19.1. The average molecular weight is 397 g/mol. The van der Waals surface area contributed by atoms with E-state index < -0.39 is 0 Å². The van der Waals surface area contributed by atoms with Crippen LogP contribution < -0.4 is 5.73 Å². The summed E-state index contributed by atoms with van der Waals surface area (Å²) in [7, 11) is 0. The van der Waals surface area contributed by atoms with Crippen LogP contribution in [0.2, 0.25) is 5.02 Å². The average Bonchev–Trinajstić information content (AvgIpc) is 2.75. The molecule has 0 saturated heterocycles. The van der Waals surface area contributed by atoms with Crippen molar-refractivity contribution in [3.63, 3.8) is 0 Å². The van der Waals surface area contributed by atoms with E-state index in [-0.39, 0.29) is 17.4 Å². The van der Waals surface area contributed by atoms with Gasteiger partial charge in [0.05, 0.1) is 12.4 Å². The van der Waals surface area contributed by atoms with E-state index in [1.54, 1.807) is 12.4 Å². The van der Waals surface area contributed by atoms with E-state index in [1.165, 1.54) is 5.56 Å². The second kappa shape index (κ2) is 8.02. The molecule has 1 aromatic heterocycles. The van der Waals surface area contributed by atoms with Crippen LogP contribution in [-0.4, -0.2) is 40.1 Å². The summed E-state index contributed by atoms with van der Waals surface area (Å²) in [5, 5.41) is 8.56. The Kier molecular flexibility index (Phi) is 5.47. The van der Waals surface area contributed by atoms with Crippen molar-refractivity contribution in [3.8, 4) is 0 Å². The number of hydrogen-bond acceptors (Lipinski definition) is 4. The first-order valence-electron chi connectivity index (χ1n) is 9.83. The van der Waals surface area contributed by atoms with E-state index in [0.29, 0.717) is 19.5 Å². The lowest BCUT2D eigenvalue weighted by Crippen LogP contribution is -2.48. The minimum Gasteiger partial charge on any atom is -0.335 e. The number of nitrogens with zero attached hydrogens (tertiary/aromatic N) is 3. The highest BCUT2D eigenvalue weighted by molar-refractivity contribution is 6.30. The van der Waals surface area contributed by atoms with Crippen molar-refractivity contribution in [1.29, 1.82) is 0 Å². The second-order valence-corrected chi connectivity index (χ2v) is 8.25. The largest absolute Gasteiger partial charge is 0.335 e. The number of carbonyl (C=O) groups excluding carboxylic acids is 1. The molecule has 0 unspecified atom stereocenters. The Bertz CT molecular complexity index is 875. The van der Waals surface area contributed by atoms with Crippen LogP contribution in [0.1, 0.15) is 43.2 Å². The smallest absolute Gasteiger partial charge is 0.226 e. The van der Waals surface area contributed by atoms with Crippen LogP contribution in [-0.2, 0) is 10.2 Å². The maximum atomic E-state index is 12.6. The third kappa shape index (κ3) is 3.69. The molecule has 1 saturated carbocycles. The molecule has 2 aliphatic rings. The van der Waals surface area contributed by atoms with Gasteiger partial charge in [-0.25, -0.2) is 0 Å². The zero-order valence-electron chi connectivity index (χ0n) is 15.9. The van der Waals surface area contributed by atoms with Gasteiger partial charge in [0.1, 0.15) is 0 Å². The molecule has 146 valence electrons. The van der Waals surface area contributed by atoms with E-state index in [9.17, 15) is 4.79 Å². The molecule has 6 heteroatoms. The normalized spacial score (nSPS) is 25.5. The number of benzene rings is 1. The maximum absolute atomic E-state index is 12.6. The van der Waals surface area contributed by atoms with Crippen LogP contribution in [0.25, 0.3) is 5.57 Å². The van der Waals surface area contributed by atoms with Gasteiger partial charge in [-0.3, -0.25) is 4.79 Å². The van der Waals surface area contributed by atoms with Crippen molar-refractivity contribution < 1.29 is 4.79 Å². The van der Waals surface area contributed by atoms with Gasteiger partial charge in [-0.15, -0.1) is 0 Å². The lowest BCUT2D eigenvalue weighted by atomic mass is 9.68. The molecule has 0 bridgehead atoms. The fourth-order valence-electron chi connectivity index (χ4n) is 4.58. The number of amides is 1. The topological polar surface area (TPSA) is 72.1 Å². The van der Waals surface area contributed by atoms with Crippen molar-refractivity contribution in [2.45, 2.75) is 43.6 Å². The van der Waals surface area contributed by atoms with Gasteiger partial charge in [-0.2, -0.15) is 10.2 Å². The molecule has 4 rings (SSSR count). The lowest BCUT2D eigenvalue weighted by molar-refractivity contribution is -0.133. The number of hydrogen-bond donors (Lipinski definition) is 1.